The number of aliphatic hydroxyl groups is 1. The molecule has 0 amide bonds. The van der Waals surface area contributed by atoms with Gasteiger partial charge in [-0.3, -0.25) is 29.6 Å². The number of hydrogen-bond acceptors (Lipinski definition) is 15. The first-order valence-corrected chi connectivity index (χ1v) is 32.5. The maximum Gasteiger partial charge on any atom is 2.00 e. The van der Waals surface area contributed by atoms with Crippen molar-refractivity contribution in [1.82, 2.24) is 19.9 Å². The first-order valence-electron chi connectivity index (χ1n) is 18.7. The molecule has 0 saturated heterocycles. The van der Waals surface area contributed by atoms with Gasteiger partial charge >= 0.3 is 113 Å². The van der Waals surface area contributed by atoms with Crippen LogP contribution in [0.3, 0.4) is 0 Å². The summed E-state index contributed by atoms with van der Waals surface area (Å²) in [6, 6.07) is 36.3. The molecule has 0 aliphatic carbocycles. The van der Waals surface area contributed by atoms with Gasteiger partial charge in [-0.15, -0.1) is 11.4 Å². The van der Waals surface area contributed by atoms with E-state index >= 15 is 0 Å². The van der Waals surface area contributed by atoms with Gasteiger partial charge in [0.25, 0.3) is 0 Å². The molecule has 2 N–H and O–H groups in total. The number of halogens is 2. The molecule has 4 heterocycles. The Labute approximate surface area is 485 Å². The average Bonchev–Trinajstić information content (AvgIpc) is 3.30. The van der Waals surface area contributed by atoms with Gasteiger partial charge in [0.05, 0.1) is 54.1 Å². The molecule has 354 valence electrons. The zero-order chi connectivity index (χ0) is 49.9. The minimum absolute atomic E-state index is 0. The molecule has 0 atom stereocenters. The second-order valence-electron chi connectivity index (χ2n) is 12.4. The largest absolute Gasteiger partial charge is 2.00 e. The summed E-state index contributed by atoms with van der Waals surface area (Å²) < 4.78 is 76.1. The molecule has 0 aliphatic heterocycles. The van der Waals surface area contributed by atoms with Crippen LogP contribution in [0, 0.1) is 0 Å². The van der Waals surface area contributed by atoms with E-state index in [-0.39, 0.29) is 78.6 Å². The zero-order valence-corrected chi connectivity index (χ0v) is 53.7. The Kier molecular flexibility index (Phi) is 36.6. The predicted molar refractivity (Wildman–Crippen MR) is 266 cm³/mol. The predicted octanol–water partition coefficient (Wildman–Crippen LogP) is 3.03. The smallest absolute Gasteiger partial charge is 1.00 e. The number of fused-ring (bicyclic) bond motifs is 4. The van der Waals surface area contributed by atoms with E-state index in [1.165, 1.54) is 0 Å². The molecule has 18 nitrogen and oxygen atoms in total. The number of para-hydroxylation sites is 4. The molecular formula is C42H42Cl2N8Na2O10S4Zn2. The summed E-state index contributed by atoms with van der Waals surface area (Å²) in [4.78, 5) is 25.4. The third kappa shape index (κ3) is 26.2. The zero-order valence-electron chi connectivity index (χ0n) is 39.0. The van der Waals surface area contributed by atoms with Crippen molar-refractivity contribution in [2.75, 3.05) is 37.7 Å². The Hall–Kier alpha value is -2.83. The van der Waals surface area contributed by atoms with Crippen molar-refractivity contribution in [2.24, 2.45) is 0 Å². The van der Waals surface area contributed by atoms with Gasteiger partial charge in [0.1, 0.15) is 0 Å². The van der Waals surface area contributed by atoms with Crippen LogP contribution in [0.15, 0.2) is 146 Å². The van der Waals surface area contributed by atoms with Gasteiger partial charge in [0, 0.05) is 49.8 Å². The van der Waals surface area contributed by atoms with Crippen LogP contribution in [-0.4, -0.2) is 88.8 Å². The summed E-state index contributed by atoms with van der Waals surface area (Å²) in [5.41, 5.74) is 9.23. The van der Waals surface area contributed by atoms with Gasteiger partial charge in [-0.25, -0.2) is 25.3 Å². The minimum atomic E-state index is -3.38. The van der Waals surface area contributed by atoms with Crippen molar-refractivity contribution in [3.8, 4) is 0 Å². The fraction of sp³-hybridized carbons (Fsp3) is 0.119. The average molecular weight is 1190 g/mol. The molecule has 0 radical (unpaired) electrons. The summed E-state index contributed by atoms with van der Waals surface area (Å²) in [6.45, 7) is 0. The SMILES string of the molecule is CO.CS(=O)(=O)Nc1cccc2cccnc12.CS(=O)(=O)[N-]c1cccc2cccnc12.CS(=O)(=O)[N-]c1cccc2cccnc12.C[O-].S=COO[N-]c1cccc2cccnc12.[Cl][Zn][Cl].[Na+].[Na+].[Zn+2]. The van der Waals surface area contributed by atoms with Crippen molar-refractivity contribution in [3.05, 3.63) is 161 Å². The van der Waals surface area contributed by atoms with E-state index in [9.17, 15) is 25.3 Å². The molecule has 4 aromatic carbocycles. The van der Waals surface area contributed by atoms with Crippen LogP contribution >= 0.6 is 31.6 Å². The molecule has 8 rings (SSSR count). The van der Waals surface area contributed by atoms with Gasteiger partial charge in [0.2, 0.25) is 10.0 Å². The summed E-state index contributed by atoms with van der Waals surface area (Å²) in [7, 11) is 1.63. The Morgan fingerprint density at radius 3 is 1.21 bits per heavy atom. The molecule has 8 aromatic rings. The number of hydrogen-bond donors (Lipinski definition) is 2. The van der Waals surface area contributed by atoms with Gasteiger partial charge < -0.3 is 30.0 Å². The first kappa shape index (κ1) is 69.2. The number of nitrogens with zero attached hydrogens (tertiary/aromatic N) is 7. The second kappa shape index (κ2) is 37.0. The fourth-order valence-corrected chi connectivity index (χ4v) is 6.92. The quantitative estimate of drug-likeness (QED) is 0.0655. The topological polar surface area (TPSA) is 270 Å². The third-order valence-corrected chi connectivity index (χ3v) is 9.23. The number of aliphatic hydroxyl groups excluding tert-OH is 1. The van der Waals surface area contributed by atoms with Crippen LogP contribution in [0.25, 0.3) is 58.5 Å². The Morgan fingerprint density at radius 1 is 0.571 bits per heavy atom. The van der Waals surface area contributed by atoms with Crippen molar-refractivity contribution >= 4 is 134 Å². The third-order valence-electron chi connectivity index (χ3n) is 7.51. The first-order chi connectivity index (χ1) is 32.0. The van der Waals surface area contributed by atoms with Crippen LogP contribution in [0.5, 0.6) is 0 Å². The summed E-state index contributed by atoms with van der Waals surface area (Å²) in [6.07, 6.45) is 9.81. The number of sulfonamides is 3. The molecule has 0 bridgehead atoms. The molecular weight excluding hydrogens is 1150 g/mol. The normalized spacial score (nSPS) is 9.84. The van der Waals surface area contributed by atoms with Crippen molar-refractivity contribution < 1.29 is 139 Å². The van der Waals surface area contributed by atoms with E-state index < -0.39 is 45.2 Å². The van der Waals surface area contributed by atoms with Crippen LogP contribution in [0.2, 0.25) is 0 Å². The van der Waals surface area contributed by atoms with Crippen LogP contribution in [0.1, 0.15) is 0 Å². The van der Waals surface area contributed by atoms with E-state index in [0.29, 0.717) is 39.3 Å². The van der Waals surface area contributed by atoms with Gasteiger partial charge in [-0.2, -0.15) is 7.11 Å². The number of pyridine rings is 4. The van der Waals surface area contributed by atoms with Crippen LogP contribution < -0.4 is 68.9 Å². The monoisotopic (exact) mass is 1190 g/mol. The standard InChI is InChI=1S/C10H10N2O2S.2C10H9N2O2S.C10H7N2O2S.CH4O.CH3O.2ClH.2Na.2Zn/c3*1-15(13,14)12-9-6-2-4-8-5-3-7-11-10(8)9;15-7-13-14-12-9-5-1-3-8-4-2-6-11-10(8)9;2*1-2;;;;;;/h2-7,12H,1H3;2*2-7H,1H3;1-7H;2H,1H3;1H3;2*1H;;;;/q;3*-1;;-1;;;2*+1;2*+2/p-2. The number of benzene rings is 4. The number of rotatable bonds is 10. The number of thiocarbonyl (C=S) groups is 1. The minimum Gasteiger partial charge on any atom is 1.00 e. The maximum absolute atomic E-state index is 11.1. The Bertz CT molecular complexity index is 2870. The summed E-state index contributed by atoms with van der Waals surface area (Å²) >= 11 is 3.48. The Balaban J connectivity index is 0. The van der Waals surface area contributed by atoms with E-state index in [1.54, 1.807) is 79.4 Å². The number of anilines is 1. The Morgan fingerprint density at radius 2 is 0.871 bits per heavy atom. The second-order valence-corrected chi connectivity index (χ2v) is 22.3. The fourth-order valence-electron chi connectivity index (χ4n) is 5.31. The van der Waals surface area contributed by atoms with E-state index in [4.69, 9.17) is 29.6 Å². The van der Waals surface area contributed by atoms with Crippen molar-refractivity contribution in [1.29, 1.82) is 0 Å². The molecule has 0 unspecified atom stereocenters. The molecule has 0 saturated carbocycles. The van der Waals surface area contributed by atoms with Gasteiger partial charge in [-0.05, 0) is 58.7 Å². The number of nitrogens with one attached hydrogen (secondary N) is 1. The molecule has 0 aliphatic rings. The van der Waals surface area contributed by atoms with E-state index in [0.717, 1.165) is 65.6 Å². The van der Waals surface area contributed by atoms with E-state index in [1.807, 2.05) is 66.7 Å². The summed E-state index contributed by atoms with van der Waals surface area (Å²) in [5.74, 6) is 0. The van der Waals surface area contributed by atoms with Crippen LogP contribution in [-0.2, 0) is 74.6 Å². The summed E-state index contributed by atoms with van der Waals surface area (Å²) in [5, 5.41) is 18.9. The van der Waals surface area contributed by atoms with Crippen molar-refractivity contribution in [2.45, 2.75) is 0 Å². The van der Waals surface area contributed by atoms with Gasteiger partial charge in [0.15, 0.2) is 5.55 Å². The van der Waals surface area contributed by atoms with Crippen LogP contribution in [0.4, 0.5) is 22.7 Å². The van der Waals surface area contributed by atoms with Gasteiger partial charge in [-0.1, -0.05) is 96.7 Å². The number of aromatic nitrogens is 4. The molecule has 4 aromatic heterocycles. The molecule has 0 spiro atoms. The van der Waals surface area contributed by atoms with Crippen molar-refractivity contribution in [3.63, 3.8) is 0 Å². The maximum atomic E-state index is 11.1. The van der Waals surface area contributed by atoms with E-state index in [2.05, 4.69) is 61.7 Å². The molecule has 70 heavy (non-hydrogen) atoms. The molecule has 0 fully saturated rings. The molecule has 28 heteroatoms.